The summed E-state index contributed by atoms with van der Waals surface area (Å²) in [5, 5.41) is 10.6. The van der Waals surface area contributed by atoms with Crippen molar-refractivity contribution in [2.45, 2.75) is 31.2 Å². The Hall–Kier alpha value is -3.78. The van der Waals surface area contributed by atoms with Gasteiger partial charge in [0.15, 0.2) is 5.82 Å². The van der Waals surface area contributed by atoms with Crippen LogP contribution in [0.2, 0.25) is 5.02 Å². The summed E-state index contributed by atoms with van der Waals surface area (Å²) >= 11 is 7.71. The number of thiophene rings is 1. The molecule has 2 N–H and O–H groups in total. The van der Waals surface area contributed by atoms with Crippen LogP contribution in [0, 0.1) is 23.0 Å². The molecule has 2 aliphatic heterocycles. The van der Waals surface area contributed by atoms with Crippen LogP contribution in [0.5, 0.6) is 6.01 Å². The standard InChI is InChI=1S/C31H29ClF2N6OS/c1-3-11-39(12-4-2)29-19-15-21(32)24(18-7-8-22(33)27-23(18)20(16-35)28(36)42-27)25(34)26(19)37-30(38-29)41-17-31-9-5-13-40(31)14-6-10-31/h3-4,7-8,15H,1-2,5-6,9-14,17,36H2. The number of fused-ring (bicyclic) bond motifs is 3. The van der Waals surface area contributed by atoms with Crippen molar-refractivity contribution < 1.29 is 13.5 Å². The molecular formula is C31H29ClF2N6OS. The van der Waals surface area contributed by atoms with Crippen molar-refractivity contribution in [1.29, 1.82) is 5.26 Å². The third kappa shape index (κ3) is 4.56. The lowest BCUT2D eigenvalue weighted by Crippen LogP contribution is -2.43. The highest BCUT2D eigenvalue weighted by atomic mass is 35.5. The van der Waals surface area contributed by atoms with E-state index in [4.69, 9.17) is 27.1 Å². The van der Waals surface area contributed by atoms with Crippen LogP contribution in [-0.2, 0) is 0 Å². The second-order valence-electron chi connectivity index (χ2n) is 10.7. The Kier molecular flexibility index (Phi) is 7.51. The minimum absolute atomic E-state index is 0.00101. The number of anilines is 2. The fourth-order valence-electron chi connectivity index (χ4n) is 6.44. The first-order valence-electron chi connectivity index (χ1n) is 13.8. The van der Waals surface area contributed by atoms with Gasteiger partial charge in [-0.25, -0.2) is 8.78 Å². The Labute approximate surface area is 251 Å². The zero-order valence-corrected chi connectivity index (χ0v) is 24.5. The summed E-state index contributed by atoms with van der Waals surface area (Å²) in [6, 6.07) is 6.32. The molecular weight excluding hydrogens is 578 g/mol. The maximum absolute atomic E-state index is 16.7. The number of ether oxygens (including phenoxy) is 1. The van der Waals surface area contributed by atoms with E-state index in [1.54, 1.807) is 18.2 Å². The van der Waals surface area contributed by atoms with Crippen LogP contribution >= 0.6 is 22.9 Å². The normalized spacial score (nSPS) is 16.0. The number of hydrogen-bond acceptors (Lipinski definition) is 8. The largest absolute Gasteiger partial charge is 0.461 e. The molecule has 4 heterocycles. The number of aromatic nitrogens is 2. The maximum Gasteiger partial charge on any atom is 0.319 e. The van der Waals surface area contributed by atoms with Gasteiger partial charge in [0.1, 0.15) is 34.8 Å². The third-order valence-electron chi connectivity index (χ3n) is 8.32. The molecule has 0 spiro atoms. The SMILES string of the molecule is C=CCN(CC=C)c1nc(OCC23CCCN2CCC3)nc2c(F)c(-c3ccc(F)c4sc(N)c(C#N)c34)c(Cl)cc12. The Bertz CT molecular complexity index is 1760. The molecule has 0 unspecified atom stereocenters. The van der Waals surface area contributed by atoms with E-state index in [1.807, 2.05) is 11.0 Å². The molecule has 0 bridgehead atoms. The van der Waals surface area contributed by atoms with Gasteiger partial charge in [0.2, 0.25) is 0 Å². The predicted molar refractivity (Wildman–Crippen MR) is 165 cm³/mol. The molecule has 216 valence electrons. The number of rotatable bonds is 9. The van der Waals surface area contributed by atoms with Crippen molar-refractivity contribution in [2.24, 2.45) is 0 Å². The molecule has 0 amide bonds. The van der Waals surface area contributed by atoms with E-state index in [0.29, 0.717) is 30.9 Å². The maximum atomic E-state index is 16.7. The van der Waals surface area contributed by atoms with E-state index in [1.165, 1.54) is 12.1 Å². The third-order valence-corrected chi connectivity index (χ3v) is 9.65. The number of nitrogens with two attached hydrogens (primary N) is 1. The number of nitrogen functional groups attached to an aromatic ring is 1. The molecule has 2 saturated heterocycles. The lowest BCUT2D eigenvalue weighted by atomic mass is 9.95. The van der Waals surface area contributed by atoms with E-state index in [2.05, 4.69) is 23.0 Å². The Morgan fingerprint density at radius 1 is 1.19 bits per heavy atom. The average Bonchev–Trinajstić information content (AvgIpc) is 3.65. The van der Waals surface area contributed by atoms with Crippen LogP contribution in [0.15, 0.2) is 43.5 Å². The number of nitriles is 1. The van der Waals surface area contributed by atoms with Crippen LogP contribution in [0.25, 0.3) is 32.1 Å². The summed E-state index contributed by atoms with van der Waals surface area (Å²) in [5.41, 5.74) is 6.30. The Morgan fingerprint density at radius 3 is 2.57 bits per heavy atom. The molecule has 4 aromatic rings. The summed E-state index contributed by atoms with van der Waals surface area (Å²) in [6.45, 7) is 11.0. The van der Waals surface area contributed by atoms with E-state index in [9.17, 15) is 9.65 Å². The molecule has 6 rings (SSSR count). The van der Waals surface area contributed by atoms with Gasteiger partial charge in [-0.05, 0) is 56.5 Å². The van der Waals surface area contributed by atoms with Gasteiger partial charge in [-0.15, -0.1) is 24.5 Å². The highest BCUT2D eigenvalue weighted by molar-refractivity contribution is 7.23. The van der Waals surface area contributed by atoms with Crippen molar-refractivity contribution in [2.75, 3.05) is 43.4 Å². The molecule has 0 aliphatic carbocycles. The second-order valence-corrected chi connectivity index (χ2v) is 12.2. The van der Waals surface area contributed by atoms with Crippen LogP contribution in [-0.4, -0.2) is 53.2 Å². The van der Waals surface area contributed by atoms with E-state index >= 15 is 4.39 Å². The molecule has 0 radical (unpaired) electrons. The van der Waals surface area contributed by atoms with Gasteiger partial charge in [0.25, 0.3) is 0 Å². The highest BCUT2D eigenvalue weighted by Crippen LogP contribution is 2.46. The minimum Gasteiger partial charge on any atom is -0.461 e. The van der Waals surface area contributed by atoms with Crippen LogP contribution in [0.4, 0.5) is 19.6 Å². The van der Waals surface area contributed by atoms with Gasteiger partial charge in [-0.3, -0.25) is 4.90 Å². The zero-order valence-electron chi connectivity index (χ0n) is 22.9. The Balaban J connectivity index is 1.55. The molecule has 2 aliphatic rings. The topological polar surface area (TPSA) is 91.3 Å². The molecule has 0 atom stereocenters. The minimum atomic E-state index is -0.730. The van der Waals surface area contributed by atoms with Gasteiger partial charge < -0.3 is 15.4 Å². The first kappa shape index (κ1) is 28.3. The van der Waals surface area contributed by atoms with Crippen LogP contribution in [0.3, 0.4) is 0 Å². The number of nitrogens with zero attached hydrogens (tertiary/aromatic N) is 5. The molecule has 11 heteroatoms. The van der Waals surface area contributed by atoms with E-state index < -0.39 is 11.6 Å². The first-order chi connectivity index (χ1) is 20.3. The fourth-order valence-corrected chi connectivity index (χ4v) is 7.68. The highest BCUT2D eigenvalue weighted by Gasteiger charge is 2.45. The van der Waals surface area contributed by atoms with Crippen molar-refractivity contribution in [3.05, 3.63) is 65.7 Å². The van der Waals surface area contributed by atoms with Gasteiger partial charge in [0.05, 0.1) is 20.8 Å². The van der Waals surface area contributed by atoms with Crippen LogP contribution in [0.1, 0.15) is 31.2 Å². The fraction of sp³-hybridized carbons (Fsp3) is 0.323. The van der Waals surface area contributed by atoms with E-state index in [-0.39, 0.29) is 53.9 Å². The zero-order chi connectivity index (χ0) is 29.6. The molecule has 0 saturated carbocycles. The molecule has 2 aromatic carbocycles. The quantitative estimate of drug-likeness (QED) is 0.204. The van der Waals surface area contributed by atoms with Gasteiger partial charge in [-0.1, -0.05) is 29.8 Å². The van der Waals surface area contributed by atoms with Gasteiger partial charge in [-0.2, -0.15) is 15.2 Å². The Morgan fingerprint density at radius 2 is 1.90 bits per heavy atom. The van der Waals surface area contributed by atoms with Gasteiger partial charge >= 0.3 is 6.01 Å². The monoisotopic (exact) mass is 606 g/mol. The van der Waals surface area contributed by atoms with Crippen molar-refractivity contribution >= 4 is 54.7 Å². The van der Waals surface area contributed by atoms with Gasteiger partial charge in [0, 0.05) is 29.4 Å². The van der Waals surface area contributed by atoms with Crippen molar-refractivity contribution in [3.8, 4) is 23.2 Å². The number of benzene rings is 2. The lowest BCUT2D eigenvalue weighted by molar-refractivity contribution is 0.108. The summed E-state index contributed by atoms with van der Waals surface area (Å²) < 4.78 is 37.9. The van der Waals surface area contributed by atoms with E-state index in [0.717, 1.165) is 50.1 Å². The predicted octanol–water partition coefficient (Wildman–Crippen LogP) is 7.08. The molecule has 7 nitrogen and oxygen atoms in total. The number of halogens is 3. The smallest absolute Gasteiger partial charge is 0.319 e. The molecule has 2 fully saturated rings. The first-order valence-corrected chi connectivity index (χ1v) is 15.0. The lowest BCUT2D eigenvalue weighted by Gasteiger charge is -2.31. The molecule has 2 aromatic heterocycles. The van der Waals surface area contributed by atoms with Crippen LogP contribution < -0.4 is 15.4 Å². The summed E-state index contributed by atoms with van der Waals surface area (Å²) in [4.78, 5) is 13.6. The number of hydrogen-bond donors (Lipinski definition) is 1. The second kappa shape index (κ2) is 11.1. The van der Waals surface area contributed by atoms with Crippen molar-refractivity contribution in [3.63, 3.8) is 0 Å². The molecule has 42 heavy (non-hydrogen) atoms. The summed E-state index contributed by atoms with van der Waals surface area (Å²) in [6.07, 6.45) is 7.73. The summed E-state index contributed by atoms with van der Waals surface area (Å²) in [7, 11) is 0. The van der Waals surface area contributed by atoms with Crippen molar-refractivity contribution in [1.82, 2.24) is 14.9 Å². The average molecular weight is 607 g/mol. The summed E-state index contributed by atoms with van der Waals surface area (Å²) in [5.74, 6) is -0.858.